The summed E-state index contributed by atoms with van der Waals surface area (Å²) in [6.07, 6.45) is 0.102. The number of carbonyl (C=O) groups is 2. The minimum Gasteiger partial charge on any atom is -0.483 e. The molecule has 0 aliphatic carbocycles. The lowest BCUT2D eigenvalue weighted by atomic mass is 10.2. The minimum atomic E-state index is -0.446. The van der Waals surface area contributed by atoms with E-state index in [0.29, 0.717) is 11.4 Å². The van der Waals surface area contributed by atoms with Crippen LogP contribution in [0.25, 0.3) is 0 Å². The highest BCUT2D eigenvalue weighted by Gasteiger charge is 2.17. The summed E-state index contributed by atoms with van der Waals surface area (Å²) in [5, 5.41) is 0. The van der Waals surface area contributed by atoms with Crippen LogP contribution in [0.4, 0.5) is 5.69 Å². The van der Waals surface area contributed by atoms with Gasteiger partial charge in [-0.2, -0.15) is 0 Å². The molecule has 0 saturated heterocycles. The van der Waals surface area contributed by atoms with Crippen LogP contribution in [-0.2, 0) is 9.59 Å². The lowest BCUT2D eigenvalue weighted by Gasteiger charge is -2.22. The molecular weight excluding hydrogens is 292 g/mol. The largest absolute Gasteiger partial charge is 0.483 e. The maximum Gasteiger partial charge on any atom is 0.264 e. The Morgan fingerprint density at radius 2 is 1.70 bits per heavy atom. The predicted octanol–water partition coefficient (Wildman–Crippen LogP) is 2.28. The van der Waals surface area contributed by atoms with Gasteiger partial charge in [-0.3, -0.25) is 9.59 Å². The second kappa shape index (κ2) is 7.98. The number of hydrogen-bond acceptors (Lipinski definition) is 3. The van der Waals surface area contributed by atoms with Crippen molar-refractivity contribution < 1.29 is 14.3 Å². The van der Waals surface area contributed by atoms with E-state index in [9.17, 15) is 9.59 Å². The number of rotatable bonds is 7. The van der Waals surface area contributed by atoms with Crippen LogP contribution < -0.4 is 15.4 Å². The van der Waals surface area contributed by atoms with Crippen molar-refractivity contribution in [3.05, 3.63) is 60.2 Å². The number of aryl methyl sites for hydroxylation is 1. The number of nitrogens with two attached hydrogens (primary N) is 1. The molecule has 0 spiro atoms. The monoisotopic (exact) mass is 312 g/mol. The van der Waals surface area contributed by atoms with Gasteiger partial charge in [0.1, 0.15) is 5.75 Å². The second-order valence-electron chi connectivity index (χ2n) is 5.15. The number of para-hydroxylation sites is 2. The second-order valence-corrected chi connectivity index (χ2v) is 5.15. The molecule has 0 fully saturated rings. The number of benzene rings is 2. The van der Waals surface area contributed by atoms with Gasteiger partial charge >= 0.3 is 0 Å². The maximum absolute atomic E-state index is 12.5. The zero-order valence-corrected chi connectivity index (χ0v) is 13.1. The number of anilines is 1. The van der Waals surface area contributed by atoms with E-state index in [2.05, 4.69) is 0 Å². The van der Waals surface area contributed by atoms with Crippen LogP contribution in [0.1, 0.15) is 12.0 Å². The third-order valence-electron chi connectivity index (χ3n) is 3.40. The predicted molar refractivity (Wildman–Crippen MR) is 89.3 cm³/mol. The van der Waals surface area contributed by atoms with Gasteiger partial charge in [0.2, 0.25) is 5.91 Å². The van der Waals surface area contributed by atoms with Crippen molar-refractivity contribution in [1.82, 2.24) is 0 Å². The molecule has 0 saturated carbocycles. The number of ether oxygens (including phenoxy) is 1. The summed E-state index contributed by atoms with van der Waals surface area (Å²) >= 11 is 0. The van der Waals surface area contributed by atoms with Gasteiger partial charge in [0.25, 0.3) is 5.91 Å². The smallest absolute Gasteiger partial charge is 0.264 e. The van der Waals surface area contributed by atoms with Crippen molar-refractivity contribution in [1.29, 1.82) is 0 Å². The normalized spacial score (nSPS) is 10.1. The van der Waals surface area contributed by atoms with Crippen LogP contribution in [0.3, 0.4) is 0 Å². The van der Waals surface area contributed by atoms with Crippen molar-refractivity contribution in [2.45, 2.75) is 13.3 Å². The van der Waals surface area contributed by atoms with Gasteiger partial charge in [-0.15, -0.1) is 0 Å². The van der Waals surface area contributed by atoms with E-state index in [0.717, 1.165) is 5.56 Å². The van der Waals surface area contributed by atoms with Crippen LogP contribution in [-0.4, -0.2) is 25.0 Å². The van der Waals surface area contributed by atoms with Crippen LogP contribution in [0.5, 0.6) is 5.75 Å². The fourth-order valence-corrected chi connectivity index (χ4v) is 2.16. The molecule has 0 radical (unpaired) electrons. The first-order chi connectivity index (χ1) is 11.1. The Hall–Kier alpha value is -2.82. The van der Waals surface area contributed by atoms with E-state index in [4.69, 9.17) is 10.5 Å². The molecule has 0 aliphatic rings. The standard InChI is InChI=1S/C18H20N2O3/c1-14-7-5-6-10-16(14)23-13-18(22)20(12-11-17(19)21)15-8-3-2-4-9-15/h2-10H,11-13H2,1H3,(H2,19,21). The van der Waals surface area contributed by atoms with Gasteiger partial charge in [0.15, 0.2) is 6.61 Å². The van der Waals surface area contributed by atoms with E-state index in [-0.39, 0.29) is 25.5 Å². The molecule has 2 aromatic carbocycles. The molecule has 0 bridgehead atoms. The summed E-state index contributed by atoms with van der Waals surface area (Å²) in [6.45, 7) is 2.05. The summed E-state index contributed by atoms with van der Waals surface area (Å²) in [5.41, 5.74) is 6.87. The molecule has 5 heteroatoms. The van der Waals surface area contributed by atoms with Crippen molar-refractivity contribution in [3.63, 3.8) is 0 Å². The van der Waals surface area contributed by atoms with Crippen LogP contribution in [0.2, 0.25) is 0 Å². The molecule has 5 nitrogen and oxygen atoms in total. The Kier molecular flexibility index (Phi) is 5.74. The zero-order chi connectivity index (χ0) is 16.7. The maximum atomic E-state index is 12.5. The van der Waals surface area contributed by atoms with Gasteiger partial charge in [-0.1, -0.05) is 36.4 Å². The van der Waals surface area contributed by atoms with Crippen molar-refractivity contribution in [2.75, 3.05) is 18.1 Å². The van der Waals surface area contributed by atoms with Crippen LogP contribution in [0.15, 0.2) is 54.6 Å². The zero-order valence-electron chi connectivity index (χ0n) is 13.1. The van der Waals surface area contributed by atoms with Crippen molar-refractivity contribution in [2.24, 2.45) is 5.73 Å². The number of hydrogen-bond donors (Lipinski definition) is 1. The lowest BCUT2D eigenvalue weighted by Crippen LogP contribution is -2.37. The van der Waals surface area contributed by atoms with E-state index >= 15 is 0 Å². The summed E-state index contributed by atoms with van der Waals surface area (Å²) in [7, 11) is 0. The Bertz CT molecular complexity index is 671. The first-order valence-corrected chi connectivity index (χ1v) is 7.40. The Morgan fingerprint density at radius 1 is 1.04 bits per heavy atom. The molecule has 0 aliphatic heterocycles. The van der Waals surface area contributed by atoms with E-state index in [1.807, 2.05) is 61.5 Å². The number of amides is 2. The minimum absolute atomic E-state index is 0.0987. The molecule has 0 heterocycles. The fourth-order valence-electron chi connectivity index (χ4n) is 2.16. The molecule has 23 heavy (non-hydrogen) atoms. The number of nitrogens with zero attached hydrogens (tertiary/aromatic N) is 1. The van der Waals surface area contributed by atoms with E-state index in [1.165, 1.54) is 4.90 Å². The van der Waals surface area contributed by atoms with Crippen LogP contribution >= 0.6 is 0 Å². The molecule has 2 N–H and O–H groups in total. The van der Waals surface area contributed by atoms with Gasteiger partial charge in [-0.05, 0) is 30.7 Å². The van der Waals surface area contributed by atoms with Gasteiger partial charge in [0.05, 0.1) is 0 Å². The van der Waals surface area contributed by atoms with E-state index < -0.39 is 5.91 Å². The first-order valence-electron chi connectivity index (χ1n) is 7.40. The summed E-state index contributed by atoms with van der Waals surface area (Å²) in [5.74, 6) is 0.00280. The fraction of sp³-hybridized carbons (Fsp3) is 0.222. The van der Waals surface area contributed by atoms with Crippen molar-refractivity contribution in [3.8, 4) is 5.75 Å². The Morgan fingerprint density at radius 3 is 2.35 bits per heavy atom. The van der Waals surface area contributed by atoms with Crippen LogP contribution in [0, 0.1) is 6.92 Å². The van der Waals surface area contributed by atoms with E-state index in [1.54, 1.807) is 0 Å². The highest BCUT2D eigenvalue weighted by atomic mass is 16.5. The summed E-state index contributed by atoms with van der Waals surface area (Å²) in [4.78, 5) is 25.0. The lowest BCUT2D eigenvalue weighted by molar-refractivity contribution is -0.120. The van der Waals surface area contributed by atoms with Gasteiger partial charge in [0, 0.05) is 18.7 Å². The summed E-state index contributed by atoms with van der Waals surface area (Å²) in [6, 6.07) is 16.7. The number of carbonyl (C=O) groups excluding carboxylic acids is 2. The average Bonchev–Trinajstić information content (AvgIpc) is 2.55. The number of primary amides is 1. The third-order valence-corrected chi connectivity index (χ3v) is 3.40. The molecule has 2 rings (SSSR count). The average molecular weight is 312 g/mol. The molecule has 0 aromatic heterocycles. The SMILES string of the molecule is Cc1ccccc1OCC(=O)N(CCC(N)=O)c1ccccc1. The molecule has 2 aromatic rings. The Labute approximate surface area is 135 Å². The first kappa shape index (κ1) is 16.5. The summed E-state index contributed by atoms with van der Waals surface area (Å²) < 4.78 is 5.60. The van der Waals surface area contributed by atoms with Gasteiger partial charge < -0.3 is 15.4 Å². The molecule has 0 atom stereocenters. The molecule has 0 unspecified atom stereocenters. The quantitative estimate of drug-likeness (QED) is 0.852. The Balaban J connectivity index is 2.07. The molecular formula is C18H20N2O3. The highest BCUT2D eigenvalue weighted by Crippen LogP contribution is 2.18. The highest BCUT2D eigenvalue weighted by molar-refractivity contribution is 5.95. The topological polar surface area (TPSA) is 72.6 Å². The molecule has 2 amide bonds. The molecule has 120 valence electrons. The van der Waals surface area contributed by atoms with Crippen molar-refractivity contribution >= 4 is 17.5 Å². The third kappa shape index (κ3) is 4.85. The van der Waals surface area contributed by atoms with Gasteiger partial charge in [-0.25, -0.2) is 0 Å².